The molecule has 0 spiro atoms. The van der Waals surface area contributed by atoms with Gasteiger partial charge < -0.3 is 14.8 Å². The first-order valence-electron chi connectivity index (χ1n) is 7.80. The Morgan fingerprint density at radius 1 is 1.27 bits per heavy atom. The van der Waals surface area contributed by atoms with E-state index in [1.165, 1.54) is 23.9 Å². The fraction of sp³-hybridized carbons (Fsp3) is 0.438. The van der Waals surface area contributed by atoms with Gasteiger partial charge in [0.25, 0.3) is 5.91 Å². The van der Waals surface area contributed by atoms with Crippen molar-refractivity contribution in [3.05, 3.63) is 41.2 Å². The molecule has 0 aliphatic rings. The van der Waals surface area contributed by atoms with Gasteiger partial charge in [-0.2, -0.15) is 13.2 Å². The van der Waals surface area contributed by atoms with Crippen LogP contribution in [0.25, 0.3) is 0 Å². The highest BCUT2D eigenvalue weighted by Gasteiger charge is 2.34. The first kappa shape index (κ1) is 20.2. The number of nitrogens with one attached hydrogen (secondary N) is 1. The van der Waals surface area contributed by atoms with Gasteiger partial charge in [0.2, 0.25) is 0 Å². The van der Waals surface area contributed by atoms with Crippen molar-refractivity contribution >= 4 is 17.7 Å². The van der Waals surface area contributed by atoms with Crippen molar-refractivity contribution in [2.75, 3.05) is 26.4 Å². The van der Waals surface area contributed by atoms with E-state index < -0.39 is 23.2 Å². The predicted molar refractivity (Wildman–Crippen MR) is 92.9 cm³/mol. The van der Waals surface area contributed by atoms with Crippen molar-refractivity contribution < 1.29 is 18.0 Å². The molecule has 0 fully saturated rings. The van der Waals surface area contributed by atoms with Gasteiger partial charge in [-0.25, -0.2) is 0 Å². The molecular formula is C16H20F3N5OS. The average molecular weight is 387 g/mol. The van der Waals surface area contributed by atoms with Gasteiger partial charge in [0.1, 0.15) is 0 Å². The van der Waals surface area contributed by atoms with Crippen molar-refractivity contribution in [3.8, 4) is 0 Å². The van der Waals surface area contributed by atoms with Gasteiger partial charge >= 0.3 is 6.18 Å². The summed E-state index contributed by atoms with van der Waals surface area (Å²) < 4.78 is 40.7. The number of hydrogen-bond donors (Lipinski definition) is 1. The highest BCUT2D eigenvalue weighted by atomic mass is 32.2. The molecule has 0 saturated heterocycles. The monoisotopic (exact) mass is 387 g/mol. The van der Waals surface area contributed by atoms with Crippen LogP contribution in [-0.4, -0.2) is 52.0 Å². The quantitative estimate of drug-likeness (QED) is 0.740. The zero-order valence-corrected chi connectivity index (χ0v) is 15.5. The maximum atomic E-state index is 13.0. The summed E-state index contributed by atoms with van der Waals surface area (Å²) in [6, 6.07) is 4.68. The average Bonchev–Trinajstić information content (AvgIpc) is 2.92. The van der Waals surface area contributed by atoms with Gasteiger partial charge in [-0.15, -0.1) is 10.2 Å². The van der Waals surface area contributed by atoms with E-state index in [2.05, 4.69) is 15.5 Å². The van der Waals surface area contributed by atoms with Crippen LogP contribution < -0.4 is 5.32 Å². The van der Waals surface area contributed by atoms with Crippen LogP contribution in [0.2, 0.25) is 0 Å². The Morgan fingerprint density at radius 2 is 1.96 bits per heavy atom. The second kappa shape index (κ2) is 8.54. The Bertz CT molecular complexity index is 761. The number of halogens is 3. The topological polar surface area (TPSA) is 63.1 Å². The van der Waals surface area contributed by atoms with Crippen molar-refractivity contribution in [1.82, 2.24) is 25.0 Å². The Kier molecular flexibility index (Phi) is 6.65. The summed E-state index contributed by atoms with van der Waals surface area (Å²) in [5, 5.41) is 11.2. The number of carbonyl (C=O) groups excluding carboxylic acids is 1. The molecule has 0 radical (unpaired) electrons. The molecule has 1 heterocycles. The lowest BCUT2D eigenvalue weighted by atomic mass is 10.1. The summed E-state index contributed by atoms with van der Waals surface area (Å²) in [6.45, 7) is 0.862. The molecule has 1 aromatic heterocycles. The summed E-state index contributed by atoms with van der Waals surface area (Å²) in [5.74, 6) is 0.488. The molecule has 0 saturated carbocycles. The molecular weight excluding hydrogens is 367 g/mol. The van der Waals surface area contributed by atoms with Crippen molar-refractivity contribution in [3.63, 3.8) is 0 Å². The molecule has 142 valence electrons. The molecule has 0 aliphatic heterocycles. The number of thioether (sulfide) groups is 1. The Morgan fingerprint density at radius 3 is 2.62 bits per heavy atom. The van der Waals surface area contributed by atoms with Crippen molar-refractivity contribution in [1.29, 1.82) is 0 Å². The predicted octanol–water partition coefficient (Wildman–Crippen LogP) is 2.42. The van der Waals surface area contributed by atoms with Gasteiger partial charge in [-0.1, -0.05) is 23.9 Å². The van der Waals surface area contributed by atoms with Gasteiger partial charge in [0.05, 0.1) is 17.7 Å². The molecule has 10 heteroatoms. The van der Waals surface area contributed by atoms with Gasteiger partial charge in [0, 0.05) is 19.3 Å². The van der Waals surface area contributed by atoms with Gasteiger partial charge in [-0.05, 0) is 26.2 Å². The maximum absolute atomic E-state index is 13.0. The smallest absolute Gasteiger partial charge is 0.345 e. The molecule has 1 amide bonds. The third-order valence-electron chi connectivity index (χ3n) is 3.58. The van der Waals surface area contributed by atoms with E-state index in [0.29, 0.717) is 11.0 Å². The van der Waals surface area contributed by atoms with Gasteiger partial charge in [-0.3, -0.25) is 4.79 Å². The van der Waals surface area contributed by atoms with Crippen LogP contribution in [0.1, 0.15) is 21.7 Å². The third-order valence-corrected chi connectivity index (χ3v) is 4.58. The fourth-order valence-corrected chi connectivity index (χ4v) is 3.16. The SMILES string of the molecule is CN(C)CCSc1nnc(CNC(=O)c2ccccc2C(F)(F)F)n1C. The lowest BCUT2D eigenvalue weighted by Gasteiger charge is -2.12. The van der Waals surface area contributed by atoms with Gasteiger partial charge in [0.15, 0.2) is 11.0 Å². The fourth-order valence-electron chi connectivity index (χ4n) is 2.13. The zero-order valence-electron chi connectivity index (χ0n) is 14.7. The molecule has 0 atom stereocenters. The molecule has 1 N–H and O–H groups in total. The molecule has 1 aromatic carbocycles. The number of aromatic nitrogens is 3. The summed E-state index contributed by atoms with van der Waals surface area (Å²) in [6.07, 6.45) is -4.59. The first-order valence-corrected chi connectivity index (χ1v) is 8.79. The van der Waals surface area contributed by atoms with E-state index in [4.69, 9.17) is 0 Å². The number of benzene rings is 1. The minimum atomic E-state index is -4.59. The number of amides is 1. The first-order chi connectivity index (χ1) is 12.2. The standard InChI is InChI=1S/C16H20F3N5OS/c1-23(2)8-9-26-15-22-21-13(24(15)3)10-20-14(25)11-6-4-5-7-12(11)16(17,18)19/h4-7H,8-10H2,1-3H3,(H,20,25). The highest BCUT2D eigenvalue weighted by molar-refractivity contribution is 7.99. The Labute approximate surface area is 153 Å². The van der Waals surface area contributed by atoms with Crippen molar-refractivity contribution in [2.24, 2.45) is 7.05 Å². The molecule has 2 aromatic rings. The Hall–Kier alpha value is -2.07. The number of carbonyl (C=O) groups is 1. The van der Waals surface area contributed by atoms with E-state index in [0.717, 1.165) is 24.4 Å². The number of rotatable bonds is 7. The van der Waals surface area contributed by atoms with Crippen LogP contribution in [0.15, 0.2) is 29.4 Å². The summed E-state index contributed by atoms with van der Waals surface area (Å²) in [7, 11) is 5.69. The van der Waals surface area contributed by atoms with Crippen LogP contribution in [0.5, 0.6) is 0 Å². The summed E-state index contributed by atoms with van der Waals surface area (Å²) >= 11 is 1.52. The summed E-state index contributed by atoms with van der Waals surface area (Å²) in [4.78, 5) is 14.2. The van der Waals surface area contributed by atoms with Crippen LogP contribution >= 0.6 is 11.8 Å². The lowest BCUT2D eigenvalue weighted by molar-refractivity contribution is -0.137. The lowest BCUT2D eigenvalue weighted by Crippen LogP contribution is -2.27. The molecule has 0 bridgehead atoms. The van der Waals surface area contributed by atoms with E-state index in [-0.39, 0.29) is 6.54 Å². The normalized spacial score (nSPS) is 11.8. The van der Waals surface area contributed by atoms with E-state index in [1.807, 2.05) is 19.0 Å². The van der Waals surface area contributed by atoms with E-state index in [1.54, 1.807) is 11.6 Å². The molecule has 2 rings (SSSR count). The Balaban J connectivity index is 2.02. The van der Waals surface area contributed by atoms with E-state index >= 15 is 0 Å². The van der Waals surface area contributed by atoms with Crippen LogP contribution in [-0.2, 0) is 19.8 Å². The highest BCUT2D eigenvalue weighted by Crippen LogP contribution is 2.31. The zero-order chi connectivity index (χ0) is 19.3. The number of alkyl halides is 3. The number of hydrogen-bond acceptors (Lipinski definition) is 5. The van der Waals surface area contributed by atoms with E-state index in [9.17, 15) is 18.0 Å². The molecule has 6 nitrogen and oxygen atoms in total. The third kappa shape index (κ3) is 5.21. The van der Waals surface area contributed by atoms with Crippen molar-refractivity contribution in [2.45, 2.75) is 17.9 Å². The molecule has 0 unspecified atom stereocenters. The van der Waals surface area contributed by atoms with Crippen LogP contribution in [0.3, 0.4) is 0 Å². The molecule has 0 aliphatic carbocycles. The minimum Gasteiger partial charge on any atom is -0.345 e. The van der Waals surface area contributed by atoms with Crippen LogP contribution in [0.4, 0.5) is 13.2 Å². The summed E-state index contributed by atoms with van der Waals surface area (Å²) in [5.41, 5.74) is -1.38. The second-order valence-corrected chi connectivity index (χ2v) is 6.90. The second-order valence-electron chi connectivity index (χ2n) is 5.84. The largest absolute Gasteiger partial charge is 0.417 e. The maximum Gasteiger partial charge on any atom is 0.417 e. The minimum absolute atomic E-state index is 0.0111. The molecule has 26 heavy (non-hydrogen) atoms. The van der Waals surface area contributed by atoms with Crippen LogP contribution in [0, 0.1) is 0 Å². The number of nitrogens with zero attached hydrogens (tertiary/aromatic N) is 4.